The van der Waals surface area contributed by atoms with E-state index in [4.69, 9.17) is 0 Å². The third kappa shape index (κ3) is 2.62. The number of aryl methyl sites for hydroxylation is 2. The van der Waals surface area contributed by atoms with Gasteiger partial charge in [-0.15, -0.1) is 0 Å². The number of hydrogen-bond acceptors (Lipinski definition) is 3. The van der Waals surface area contributed by atoms with Crippen LogP contribution in [-0.4, -0.2) is 57.7 Å². The second-order valence-corrected chi connectivity index (χ2v) is 8.73. The van der Waals surface area contributed by atoms with E-state index < -0.39 is 0 Å². The van der Waals surface area contributed by atoms with E-state index in [1.165, 1.54) is 62.9 Å². The lowest BCUT2D eigenvalue weighted by molar-refractivity contribution is -0.0246. The number of aromatic nitrogens is 2. The predicted octanol–water partition coefficient (Wildman–Crippen LogP) is 2.25. The molecular weight excluding hydrogens is 312 g/mol. The predicted molar refractivity (Wildman–Crippen MR) is 96.6 cm³/mol. The van der Waals surface area contributed by atoms with Gasteiger partial charge >= 0.3 is 0 Å². The van der Waals surface area contributed by atoms with Gasteiger partial charge in [-0.3, -0.25) is 14.4 Å². The van der Waals surface area contributed by atoms with Crippen LogP contribution in [0.4, 0.5) is 0 Å². The van der Waals surface area contributed by atoms with Crippen LogP contribution < -0.4 is 0 Å². The van der Waals surface area contributed by atoms with Crippen molar-refractivity contribution >= 4 is 5.91 Å². The van der Waals surface area contributed by atoms with Crippen LogP contribution in [0, 0.1) is 11.8 Å². The number of likely N-dealkylation sites (tertiary alicyclic amines) is 1. The summed E-state index contributed by atoms with van der Waals surface area (Å²) < 4.78 is 1.87. The minimum atomic E-state index is 0.247. The van der Waals surface area contributed by atoms with Crippen molar-refractivity contribution < 1.29 is 4.79 Å². The van der Waals surface area contributed by atoms with Crippen molar-refractivity contribution in [2.75, 3.05) is 26.2 Å². The topological polar surface area (TPSA) is 41.4 Å². The molecule has 1 amide bonds. The summed E-state index contributed by atoms with van der Waals surface area (Å²) in [5.74, 6) is 1.60. The fourth-order valence-corrected chi connectivity index (χ4v) is 6.03. The molecule has 0 aromatic carbocycles. The van der Waals surface area contributed by atoms with Crippen LogP contribution >= 0.6 is 0 Å². The molecule has 25 heavy (non-hydrogen) atoms. The lowest BCUT2D eigenvalue weighted by Gasteiger charge is -2.52. The zero-order valence-electron chi connectivity index (χ0n) is 15.4. The molecule has 3 saturated heterocycles. The molecule has 0 radical (unpaired) electrons. The van der Waals surface area contributed by atoms with Crippen LogP contribution in [0.1, 0.15) is 60.3 Å². The molecule has 5 rings (SSSR count). The number of rotatable bonds is 1. The molecule has 0 unspecified atom stereocenters. The smallest absolute Gasteiger partial charge is 0.272 e. The Morgan fingerprint density at radius 2 is 1.96 bits per heavy atom. The van der Waals surface area contributed by atoms with E-state index in [2.05, 4.69) is 14.9 Å². The van der Waals surface area contributed by atoms with Crippen molar-refractivity contribution in [1.82, 2.24) is 19.6 Å². The maximum absolute atomic E-state index is 13.4. The average molecular weight is 342 g/mol. The van der Waals surface area contributed by atoms with Crippen LogP contribution in [0.25, 0.3) is 0 Å². The first kappa shape index (κ1) is 15.9. The quantitative estimate of drug-likeness (QED) is 0.786. The minimum absolute atomic E-state index is 0.247. The van der Waals surface area contributed by atoms with Crippen molar-refractivity contribution in [3.05, 3.63) is 17.0 Å². The van der Waals surface area contributed by atoms with Crippen LogP contribution in [0.2, 0.25) is 0 Å². The van der Waals surface area contributed by atoms with E-state index in [1.807, 2.05) is 11.7 Å². The van der Waals surface area contributed by atoms with Crippen LogP contribution in [0.5, 0.6) is 0 Å². The fraction of sp³-hybridized carbons (Fsp3) is 0.800. The van der Waals surface area contributed by atoms with Crippen LogP contribution in [-0.2, 0) is 19.9 Å². The number of carbonyl (C=O) groups excluding carboxylic acids is 1. The van der Waals surface area contributed by atoms with Gasteiger partial charge in [-0.2, -0.15) is 5.10 Å². The van der Waals surface area contributed by atoms with Crippen LogP contribution in [0.3, 0.4) is 0 Å². The third-order valence-corrected chi connectivity index (χ3v) is 7.08. The number of amides is 1. The Morgan fingerprint density at radius 1 is 1.08 bits per heavy atom. The Bertz CT molecular complexity index is 681. The number of piperidine rings is 3. The molecule has 4 heterocycles. The van der Waals surface area contributed by atoms with Gasteiger partial charge in [0.1, 0.15) is 5.69 Å². The van der Waals surface area contributed by atoms with Crippen molar-refractivity contribution in [1.29, 1.82) is 0 Å². The molecule has 3 aliphatic heterocycles. The lowest BCUT2D eigenvalue weighted by Crippen LogP contribution is -2.59. The number of hydrogen-bond donors (Lipinski definition) is 0. The molecule has 1 aliphatic carbocycles. The molecule has 1 aromatic heterocycles. The molecule has 0 saturated carbocycles. The highest BCUT2D eigenvalue weighted by Gasteiger charge is 2.43. The largest absolute Gasteiger partial charge is 0.337 e. The van der Waals surface area contributed by atoms with Gasteiger partial charge in [0.05, 0.1) is 5.69 Å². The average Bonchev–Trinajstić information content (AvgIpc) is 2.96. The first-order valence-electron chi connectivity index (χ1n) is 10.3. The first-order valence-corrected chi connectivity index (χ1v) is 10.3. The Hall–Kier alpha value is -1.36. The molecule has 5 heteroatoms. The van der Waals surface area contributed by atoms with E-state index in [0.29, 0.717) is 11.8 Å². The molecule has 5 nitrogen and oxygen atoms in total. The second kappa shape index (κ2) is 6.11. The fourth-order valence-electron chi connectivity index (χ4n) is 6.03. The molecule has 3 fully saturated rings. The summed E-state index contributed by atoms with van der Waals surface area (Å²) in [5, 5.41) is 4.67. The van der Waals surface area contributed by atoms with Crippen molar-refractivity contribution in [3.63, 3.8) is 0 Å². The van der Waals surface area contributed by atoms with Gasteiger partial charge in [0.2, 0.25) is 0 Å². The van der Waals surface area contributed by atoms with Gasteiger partial charge in [-0.25, -0.2) is 0 Å². The Labute approximate surface area is 150 Å². The second-order valence-electron chi connectivity index (χ2n) is 8.73. The molecule has 4 aliphatic rings. The molecule has 3 atom stereocenters. The molecule has 1 aromatic rings. The Kier molecular flexibility index (Phi) is 3.88. The first-order chi connectivity index (χ1) is 12.2. The SMILES string of the molecule is Cn1nc2c(c1C(=O)N1C[C@@H]3C[C@H](C1)[C@@H]1CCCCN1C3)CCCC2. The van der Waals surface area contributed by atoms with E-state index in [1.54, 1.807) is 0 Å². The molecular formula is C20H30N4O. The lowest BCUT2D eigenvalue weighted by atomic mass is 9.76. The highest BCUT2D eigenvalue weighted by Crippen LogP contribution is 2.38. The van der Waals surface area contributed by atoms with Crippen molar-refractivity contribution in [3.8, 4) is 0 Å². The van der Waals surface area contributed by atoms with Gasteiger partial charge in [-0.05, 0) is 63.3 Å². The normalized spacial score (nSPS) is 32.2. The maximum Gasteiger partial charge on any atom is 0.272 e. The molecule has 136 valence electrons. The van der Waals surface area contributed by atoms with Gasteiger partial charge < -0.3 is 4.90 Å². The van der Waals surface area contributed by atoms with E-state index in [9.17, 15) is 4.79 Å². The number of fused-ring (bicyclic) bond motifs is 5. The summed E-state index contributed by atoms with van der Waals surface area (Å²) in [7, 11) is 1.96. The Balaban J connectivity index is 1.39. The minimum Gasteiger partial charge on any atom is -0.337 e. The summed E-state index contributed by atoms with van der Waals surface area (Å²) in [6.45, 7) is 4.38. The summed E-state index contributed by atoms with van der Waals surface area (Å²) in [4.78, 5) is 18.3. The molecule has 0 spiro atoms. The van der Waals surface area contributed by atoms with E-state index in [-0.39, 0.29) is 5.91 Å². The zero-order chi connectivity index (χ0) is 17.0. The van der Waals surface area contributed by atoms with Gasteiger partial charge in [-0.1, -0.05) is 6.42 Å². The van der Waals surface area contributed by atoms with Gasteiger partial charge in [0.25, 0.3) is 5.91 Å². The maximum atomic E-state index is 13.4. The number of nitrogens with zero attached hydrogens (tertiary/aromatic N) is 4. The monoisotopic (exact) mass is 342 g/mol. The summed E-state index contributed by atoms with van der Waals surface area (Å²) >= 11 is 0. The zero-order valence-corrected chi connectivity index (χ0v) is 15.4. The highest BCUT2D eigenvalue weighted by atomic mass is 16.2. The number of carbonyl (C=O) groups is 1. The third-order valence-electron chi connectivity index (χ3n) is 7.08. The van der Waals surface area contributed by atoms with Gasteiger partial charge in [0.15, 0.2) is 0 Å². The highest BCUT2D eigenvalue weighted by molar-refractivity contribution is 5.94. The van der Waals surface area contributed by atoms with Crippen LogP contribution in [0.15, 0.2) is 0 Å². The van der Waals surface area contributed by atoms with Gasteiger partial charge in [0, 0.05) is 38.3 Å². The molecule has 0 N–H and O–H groups in total. The van der Waals surface area contributed by atoms with Crippen molar-refractivity contribution in [2.45, 2.75) is 57.4 Å². The van der Waals surface area contributed by atoms with Crippen molar-refractivity contribution in [2.24, 2.45) is 18.9 Å². The standard InChI is InChI=1S/C20H30N4O/c1-22-19(16-6-2-3-7-17(16)21-22)20(25)24-12-14-10-15(13-24)18-8-4-5-9-23(18)11-14/h14-15,18H,2-13H2,1H3/t14-,15-,18+/m1/s1. The van der Waals surface area contributed by atoms with E-state index in [0.717, 1.165) is 37.7 Å². The molecule has 2 bridgehead atoms. The Morgan fingerprint density at radius 3 is 2.88 bits per heavy atom. The summed E-state index contributed by atoms with van der Waals surface area (Å²) in [6.07, 6.45) is 9.87. The summed E-state index contributed by atoms with van der Waals surface area (Å²) in [5.41, 5.74) is 3.30. The van der Waals surface area contributed by atoms with E-state index >= 15 is 0 Å². The summed E-state index contributed by atoms with van der Waals surface area (Å²) in [6, 6.07) is 0.723.